The smallest absolute Gasteiger partial charge is 0.338 e. The Kier molecular flexibility index (Phi) is 4.92. The number of rotatable bonds is 5. The standard InChI is InChI=1S/C18H15BrClNO4/c1-21-14-8-13(19)16(24-2)7-12(14)17(18(22)23)15(21)9-25-11-5-3-10(20)4-6-11/h3-8H,9H2,1-2H3,(H,22,23). The van der Waals surface area contributed by atoms with E-state index in [9.17, 15) is 9.90 Å². The first-order valence-corrected chi connectivity index (χ1v) is 8.56. The van der Waals surface area contributed by atoms with Crippen LogP contribution in [0.4, 0.5) is 0 Å². The normalized spacial score (nSPS) is 10.9. The number of aromatic nitrogens is 1. The number of carboxylic acids is 1. The zero-order valence-corrected chi connectivity index (χ0v) is 15.9. The summed E-state index contributed by atoms with van der Waals surface area (Å²) < 4.78 is 13.6. The molecule has 0 aliphatic heterocycles. The Hall–Kier alpha value is -2.18. The molecule has 0 aliphatic rings. The van der Waals surface area contributed by atoms with Gasteiger partial charge in [-0.1, -0.05) is 11.6 Å². The molecular weight excluding hydrogens is 410 g/mol. The molecule has 2 aromatic carbocycles. The van der Waals surface area contributed by atoms with Crippen molar-refractivity contribution in [2.24, 2.45) is 7.05 Å². The van der Waals surface area contributed by atoms with Gasteiger partial charge in [-0.15, -0.1) is 0 Å². The predicted molar refractivity (Wildman–Crippen MR) is 99.9 cm³/mol. The quantitative estimate of drug-likeness (QED) is 0.634. The first kappa shape index (κ1) is 17.6. The predicted octanol–water partition coefficient (Wildman–Crippen LogP) is 4.88. The average Bonchev–Trinajstić information content (AvgIpc) is 2.85. The van der Waals surface area contributed by atoms with Crippen molar-refractivity contribution in [3.05, 3.63) is 57.2 Å². The van der Waals surface area contributed by atoms with E-state index in [2.05, 4.69) is 15.9 Å². The molecule has 0 atom stereocenters. The number of aryl methyl sites for hydroxylation is 1. The minimum absolute atomic E-state index is 0.119. The Labute approximate surface area is 157 Å². The van der Waals surface area contributed by atoms with Crippen molar-refractivity contribution in [2.45, 2.75) is 6.61 Å². The van der Waals surface area contributed by atoms with Crippen LogP contribution >= 0.6 is 27.5 Å². The minimum Gasteiger partial charge on any atom is -0.496 e. The van der Waals surface area contributed by atoms with Crippen molar-refractivity contribution >= 4 is 44.4 Å². The number of methoxy groups -OCH3 is 1. The molecule has 0 fully saturated rings. The zero-order chi connectivity index (χ0) is 18.1. The van der Waals surface area contributed by atoms with Crippen LogP contribution in [0.2, 0.25) is 5.02 Å². The summed E-state index contributed by atoms with van der Waals surface area (Å²) in [7, 11) is 3.36. The van der Waals surface area contributed by atoms with Crippen LogP contribution in [0.3, 0.4) is 0 Å². The van der Waals surface area contributed by atoms with E-state index in [0.717, 1.165) is 9.99 Å². The van der Waals surface area contributed by atoms with Crippen molar-refractivity contribution in [3.8, 4) is 11.5 Å². The number of aromatic carboxylic acids is 1. The molecule has 3 aromatic rings. The first-order chi connectivity index (χ1) is 11.9. The lowest BCUT2D eigenvalue weighted by Crippen LogP contribution is -2.08. The SMILES string of the molecule is COc1cc2c(C(=O)O)c(COc3ccc(Cl)cc3)n(C)c2cc1Br. The molecule has 0 spiro atoms. The summed E-state index contributed by atoms with van der Waals surface area (Å²) in [5.41, 5.74) is 1.55. The van der Waals surface area contributed by atoms with Gasteiger partial charge in [0.05, 0.1) is 28.4 Å². The average molecular weight is 425 g/mol. The monoisotopic (exact) mass is 423 g/mol. The van der Waals surface area contributed by atoms with Crippen LogP contribution in [0, 0.1) is 0 Å². The maximum Gasteiger partial charge on any atom is 0.338 e. The Morgan fingerprint density at radius 3 is 2.56 bits per heavy atom. The van der Waals surface area contributed by atoms with Gasteiger partial charge in [-0.2, -0.15) is 0 Å². The van der Waals surface area contributed by atoms with Gasteiger partial charge in [0.2, 0.25) is 0 Å². The molecular formula is C18H15BrClNO4. The van der Waals surface area contributed by atoms with E-state index in [1.54, 1.807) is 37.4 Å². The third-order valence-electron chi connectivity index (χ3n) is 4.00. The molecule has 7 heteroatoms. The molecule has 0 saturated carbocycles. The summed E-state index contributed by atoms with van der Waals surface area (Å²) in [6.45, 7) is 0.119. The fraction of sp³-hybridized carbons (Fsp3) is 0.167. The molecule has 1 aromatic heterocycles. The van der Waals surface area contributed by atoms with Crippen molar-refractivity contribution < 1.29 is 19.4 Å². The lowest BCUT2D eigenvalue weighted by Gasteiger charge is -2.09. The summed E-state index contributed by atoms with van der Waals surface area (Å²) in [4.78, 5) is 11.9. The fourth-order valence-corrected chi connectivity index (χ4v) is 3.35. The third kappa shape index (κ3) is 3.32. The van der Waals surface area contributed by atoms with Gasteiger partial charge in [0.15, 0.2) is 0 Å². The Bertz CT molecular complexity index is 950. The van der Waals surface area contributed by atoms with Crippen LogP contribution in [0.25, 0.3) is 10.9 Å². The fourth-order valence-electron chi connectivity index (χ4n) is 2.74. The van der Waals surface area contributed by atoms with Gasteiger partial charge < -0.3 is 19.1 Å². The summed E-state index contributed by atoms with van der Waals surface area (Å²) in [5.74, 6) is 0.181. The number of ether oxygens (including phenoxy) is 2. The highest BCUT2D eigenvalue weighted by atomic mass is 79.9. The minimum atomic E-state index is -1.01. The van der Waals surface area contributed by atoms with Crippen LogP contribution < -0.4 is 9.47 Å². The van der Waals surface area contributed by atoms with Gasteiger partial charge >= 0.3 is 5.97 Å². The number of hydrogen-bond acceptors (Lipinski definition) is 3. The molecule has 3 rings (SSSR count). The molecule has 0 saturated heterocycles. The highest BCUT2D eigenvalue weighted by molar-refractivity contribution is 9.10. The van der Waals surface area contributed by atoms with Gasteiger partial charge in [-0.3, -0.25) is 0 Å². The topological polar surface area (TPSA) is 60.7 Å². The highest BCUT2D eigenvalue weighted by Gasteiger charge is 2.22. The summed E-state index contributed by atoms with van der Waals surface area (Å²) in [6, 6.07) is 10.5. The second kappa shape index (κ2) is 6.98. The Morgan fingerprint density at radius 2 is 1.96 bits per heavy atom. The van der Waals surface area contributed by atoms with E-state index in [1.165, 1.54) is 0 Å². The maximum atomic E-state index is 11.9. The van der Waals surface area contributed by atoms with Crippen molar-refractivity contribution in [1.29, 1.82) is 0 Å². The van der Waals surface area contributed by atoms with E-state index < -0.39 is 5.97 Å². The van der Waals surface area contributed by atoms with Crippen LogP contribution in [0.1, 0.15) is 16.1 Å². The van der Waals surface area contributed by atoms with Crippen molar-refractivity contribution in [2.75, 3.05) is 7.11 Å². The molecule has 1 heterocycles. The van der Waals surface area contributed by atoms with E-state index in [0.29, 0.717) is 27.6 Å². The Morgan fingerprint density at radius 1 is 1.28 bits per heavy atom. The van der Waals surface area contributed by atoms with Crippen LogP contribution in [-0.4, -0.2) is 22.8 Å². The molecule has 0 radical (unpaired) electrons. The number of nitrogens with zero attached hydrogens (tertiary/aromatic N) is 1. The van der Waals surface area contributed by atoms with Gasteiger partial charge in [-0.05, 0) is 52.3 Å². The lowest BCUT2D eigenvalue weighted by molar-refractivity contribution is 0.0695. The molecule has 130 valence electrons. The van der Waals surface area contributed by atoms with Gasteiger partial charge in [-0.25, -0.2) is 4.79 Å². The number of halogens is 2. The van der Waals surface area contributed by atoms with Crippen LogP contribution in [0.5, 0.6) is 11.5 Å². The second-order valence-electron chi connectivity index (χ2n) is 5.43. The molecule has 0 amide bonds. The number of carboxylic acid groups (broad SMARTS) is 1. The summed E-state index contributed by atoms with van der Waals surface area (Å²) in [6.07, 6.45) is 0. The summed E-state index contributed by atoms with van der Waals surface area (Å²) >= 11 is 9.30. The van der Waals surface area contributed by atoms with Crippen molar-refractivity contribution in [1.82, 2.24) is 4.57 Å². The highest BCUT2D eigenvalue weighted by Crippen LogP contribution is 2.35. The number of hydrogen-bond donors (Lipinski definition) is 1. The second-order valence-corrected chi connectivity index (χ2v) is 6.72. The third-order valence-corrected chi connectivity index (χ3v) is 4.87. The van der Waals surface area contributed by atoms with Crippen LogP contribution in [0.15, 0.2) is 40.9 Å². The van der Waals surface area contributed by atoms with Gasteiger partial charge in [0, 0.05) is 17.5 Å². The molecule has 25 heavy (non-hydrogen) atoms. The van der Waals surface area contributed by atoms with E-state index in [4.69, 9.17) is 21.1 Å². The Balaban J connectivity index is 2.07. The number of benzene rings is 2. The van der Waals surface area contributed by atoms with E-state index in [-0.39, 0.29) is 12.2 Å². The molecule has 0 bridgehead atoms. The molecule has 0 unspecified atom stereocenters. The van der Waals surface area contributed by atoms with Crippen LogP contribution in [-0.2, 0) is 13.7 Å². The van der Waals surface area contributed by atoms with Crippen molar-refractivity contribution in [3.63, 3.8) is 0 Å². The van der Waals surface area contributed by atoms with Gasteiger partial charge in [0.1, 0.15) is 18.1 Å². The molecule has 5 nitrogen and oxygen atoms in total. The largest absolute Gasteiger partial charge is 0.496 e. The summed E-state index contributed by atoms with van der Waals surface area (Å²) in [5, 5.41) is 10.9. The lowest BCUT2D eigenvalue weighted by atomic mass is 10.1. The number of carbonyl (C=O) groups is 1. The number of fused-ring (bicyclic) bond motifs is 1. The van der Waals surface area contributed by atoms with E-state index in [1.807, 2.05) is 17.7 Å². The maximum absolute atomic E-state index is 11.9. The van der Waals surface area contributed by atoms with E-state index >= 15 is 0 Å². The first-order valence-electron chi connectivity index (χ1n) is 7.38. The molecule has 0 aliphatic carbocycles. The molecule has 1 N–H and O–H groups in total. The van der Waals surface area contributed by atoms with Gasteiger partial charge in [0.25, 0.3) is 0 Å². The zero-order valence-electron chi connectivity index (χ0n) is 13.5.